The second kappa shape index (κ2) is 7.81. The first kappa shape index (κ1) is 20.9. The highest BCUT2D eigenvalue weighted by molar-refractivity contribution is 6.41. The van der Waals surface area contributed by atoms with Gasteiger partial charge in [-0.3, -0.25) is 14.5 Å². The molecule has 1 N–H and O–H groups in total. The van der Waals surface area contributed by atoms with E-state index in [-0.39, 0.29) is 0 Å². The van der Waals surface area contributed by atoms with E-state index in [1.807, 2.05) is 0 Å². The Bertz CT molecular complexity index is 425. The van der Waals surface area contributed by atoms with Crippen molar-refractivity contribution in [1.82, 2.24) is 10.2 Å². The minimum atomic E-state index is -5.77. The molecular formula is C14H20F6N2O2. The van der Waals surface area contributed by atoms with Crippen molar-refractivity contribution in [2.24, 2.45) is 0 Å². The number of hydrogen-bond acceptors (Lipinski definition) is 4. The van der Waals surface area contributed by atoms with Crippen molar-refractivity contribution in [3.63, 3.8) is 0 Å². The molecule has 0 amide bonds. The molecule has 0 atom stereocenters. The quantitative estimate of drug-likeness (QED) is 0.606. The van der Waals surface area contributed by atoms with E-state index in [0.717, 1.165) is 0 Å². The van der Waals surface area contributed by atoms with E-state index in [9.17, 15) is 35.9 Å². The second-order valence-corrected chi connectivity index (χ2v) is 6.09. The molecule has 0 aromatic heterocycles. The molecule has 2 saturated heterocycles. The van der Waals surface area contributed by atoms with Crippen LogP contribution >= 0.6 is 0 Å². The number of likely N-dealkylation sites (tertiary alicyclic amines) is 1. The minimum absolute atomic E-state index is 0.530. The van der Waals surface area contributed by atoms with Crippen LogP contribution in [-0.2, 0) is 9.59 Å². The summed E-state index contributed by atoms with van der Waals surface area (Å²) in [7, 11) is 0. The van der Waals surface area contributed by atoms with Crippen LogP contribution in [0.5, 0.6) is 0 Å². The Labute approximate surface area is 135 Å². The Morgan fingerprint density at radius 1 is 0.875 bits per heavy atom. The van der Waals surface area contributed by atoms with E-state index < -0.39 is 23.9 Å². The molecule has 4 nitrogen and oxygen atoms in total. The number of ketones is 2. The summed E-state index contributed by atoms with van der Waals surface area (Å²) in [4.78, 5) is 21.9. The number of rotatable bonds is 2. The van der Waals surface area contributed by atoms with Crippen molar-refractivity contribution < 1.29 is 35.9 Å². The maximum Gasteiger partial charge on any atom is 0.458 e. The van der Waals surface area contributed by atoms with Crippen molar-refractivity contribution in [2.45, 2.75) is 50.5 Å². The number of Topliss-reactive ketones (excluding diaryl/α,β-unsaturated/α-hetero) is 2. The third-order valence-corrected chi connectivity index (χ3v) is 4.27. The summed E-state index contributed by atoms with van der Waals surface area (Å²) in [5, 5.41) is 3.44. The van der Waals surface area contributed by atoms with E-state index in [4.69, 9.17) is 0 Å². The van der Waals surface area contributed by atoms with E-state index >= 15 is 0 Å². The van der Waals surface area contributed by atoms with E-state index in [2.05, 4.69) is 17.1 Å². The molecule has 0 radical (unpaired) electrons. The molecule has 2 heterocycles. The monoisotopic (exact) mass is 362 g/mol. The first-order valence-corrected chi connectivity index (χ1v) is 7.56. The van der Waals surface area contributed by atoms with Gasteiger partial charge in [-0.05, 0) is 58.8 Å². The average Bonchev–Trinajstić information content (AvgIpc) is 3.00. The Morgan fingerprint density at radius 2 is 1.25 bits per heavy atom. The molecule has 2 rings (SSSR count). The summed E-state index contributed by atoms with van der Waals surface area (Å²) in [5.74, 6) is -6.81. The van der Waals surface area contributed by atoms with Gasteiger partial charge in [0.25, 0.3) is 0 Å². The second-order valence-electron chi connectivity index (χ2n) is 6.09. The van der Waals surface area contributed by atoms with Crippen LogP contribution in [0.1, 0.15) is 32.6 Å². The zero-order valence-electron chi connectivity index (χ0n) is 13.2. The molecule has 2 fully saturated rings. The number of alkyl halides is 6. The molecule has 0 aliphatic carbocycles. The highest BCUT2D eigenvalue weighted by Crippen LogP contribution is 2.29. The van der Waals surface area contributed by atoms with Gasteiger partial charge in [-0.25, -0.2) is 0 Å². The van der Waals surface area contributed by atoms with Gasteiger partial charge in [0.15, 0.2) is 0 Å². The molecule has 2 aliphatic heterocycles. The smallest absolute Gasteiger partial charge is 0.317 e. The SMILES string of the molecule is CC1(N2CCCC2)CCNCC1.O=C(C(=O)C(F)(F)F)C(F)(F)F. The van der Waals surface area contributed by atoms with Crippen LogP contribution in [0.25, 0.3) is 0 Å². The van der Waals surface area contributed by atoms with Crippen molar-refractivity contribution in [3.8, 4) is 0 Å². The number of hydrogen-bond donors (Lipinski definition) is 1. The number of carbonyl (C=O) groups excluding carboxylic acids is 2. The van der Waals surface area contributed by atoms with Crippen LogP contribution in [0.3, 0.4) is 0 Å². The lowest BCUT2D eigenvalue weighted by molar-refractivity contribution is -0.193. The lowest BCUT2D eigenvalue weighted by atomic mass is 9.89. The Kier molecular flexibility index (Phi) is 6.80. The fraction of sp³-hybridized carbons (Fsp3) is 0.857. The number of carbonyl (C=O) groups is 2. The minimum Gasteiger partial charge on any atom is -0.317 e. The van der Waals surface area contributed by atoms with E-state index in [1.54, 1.807) is 0 Å². The molecule has 24 heavy (non-hydrogen) atoms. The normalized spacial score (nSPS) is 21.8. The Hall–Kier alpha value is -1.16. The van der Waals surface area contributed by atoms with Crippen LogP contribution in [0.15, 0.2) is 0 Å². The Morgan fingerprint density at radius 3 is 1.58 bits per heavy atom. The van der Waals surface area contributed by atoms with E-state index in [0.29, 0.717) is 5.54 Å². The van der Waals surface area contributed by atoms with Gasteiger partial charge in [0.05, 0.1) is 0 Å². The highest BCUT2D eigenvalue weighted by Gasteiger charge is 2.54. The molecule has 0 aromatic rings. The maximum atomic E-state index is 11.2. The summed E-state index contributed by atoms with van der Waals surface area (Å²) in [5.41, 5.74) is 0.530. The molecule has 0 aromatic carbocycles. The molecule has 10 heteroatoms. The number of nitrogens with one attached hydrogen (secondary N) is 1. The predicted molar refractivity (Wildman–Crippen MR) is 73.4 cm³/mol. The lowest BCUT2D eigenvalue weighted by Gasteiger charge is -2.42. The van der Waals surface area contributed by atoms with Crippen LogP contribution in [0.2, 0.25) is 0 Å². The van der Waals surface area contributed by atoms with Crippen molar-refractivity contribution >= 4 is 11.6 Å². The summed E-state index contributed by atoms with van der Waals surface area (Å²) in [6.07, 6.45) is -6.02. The number of nitrogens with zero attached hydrogens (tertiary/aromatic N) is 1. The maximum absolute atomic E-state index is 11.2. The summed E-state index contributed by atoms with van der Waals surface area (Å²) < 4.78 is 67.0. The summed E-state index contributed by atoms with van der Waals surface area (Å²) in [6, 6.07) is 0. The average molecular weight is 362 g/mol. The summed E-state index contributed by atoms with van der Waals surface area (Å²) in [6.45, 7) is 7.56. The van der Waals surface area contributed by atoms with Crippen molar-refractivity contribution in [3.05, 3.63) is 0 Å². The zero-order valence-corrected chi connectivity index (χ0v) is 13.2. The van der Waals surface area contributed by atoms with Crippen LogP contribution in [0, 0.1) is 0 Å². The van der Waals surface area contributed by atoms with Crippen molar-refractivity contribution in [1.29, 1.82) is 0 Å². The number of halogens is 6. The first-order valence-electron chi connectivity index (χ1n) is 7.56. The van der Waals surface area contributed by atoms with Gasteiger partial charge in [0.1, 0.15) is 0 Å². The van der Waals surface area contributed by atoms with Gasteiger partial charge in [0, 0.05) is 5.54 Å². The third-order valence-electron chi connectivity index (χ3n) is 4.27. The van der Waals surface area contributed by atoms with Crippen molar-refractivity contribution in [2.75, 3.05) is 26.2 Å². The van der Waals surface area contributed by atoms with Gasteiger partial charge >= 0.3 is 23.9 Å². The molecular weight excluding hydrogens is 342 g/mol. The Balaban J connectivity index is 0.000000240. The molecule has 140 valence electrons. The molecule has 0 bridgehead atoms. The van der Waals surface area contributed by atoms with Crippen LogP contribution in [0.4, 0.5) is 26.3 Å². The first-order chi connectivity index (χ1) is 10.9. The van der Waals surface area contributed by atoms with Gasteiger partial charge in [-0.2, -0.15) is 26.3 Å². The predicted octanol–water partition coefficient (Wildman–Crippen LogP) is 2.47. The van der Waals surface area contributed by atoms with E-state index in [1.165, 1.54) is 51.9 Å². The fourth-order valence-corrected chi connectivity index (χ4v) is 2.80. The third kappa shape index (κ3) is 5.73. The number of piperidine rings is 1. The standard InChI is InChI=1S/C10H20N2.C4F6O2/c1-10(4-6-11-7-5-10)12-8-2-3-9-12;5-3(6,7)1(11)2(12)4(8,9)10/h11H,2-9H2,1H3;. The van der Waals surface area contributed by atoms with Gasteiger partial charge < -0.3 is 5.32 Å². The largest absolute Gasteiger partial charge is 0.458 e. The fourth-order valence-electron chi connectivity index (χ4n) is 2.80. The lowest BCUT2D eigenvalue weighted by Crippen LogP contribution is -2.51. The summed E-state index contributed by atoms with van der Waals surface area (Å²) >= 11 is 0. The molecule has 0 saturated carbocycles. The van der Waals surface area contributed by atoms with Crippen LogP contribution < -0.4 is 5.32 Å². The highest BCUT2D eigenvalue weighted by atomic mass is 19.4. The molecule has 2 aliphatic rings. The van der Waals surface area contributed by atoms with Gasteiger partial charge in [-0.1, -0.05) is 0 Å². The molecule has 0 unspecified atom stereocenters. The van der Waals surface area contributed by atoms with Gasteiger partial charge in [-0.15, -0.1) is 0 Å². The topological polar surface area (TPSA) is 49.4 Å². The van der Waals surface area contributed by atoms with Gasteiger partial charge in [0.2, 0.25) is 0 Å². The molecule has 0 spiro atoms. The zero-order chi connectivity index (χ0) is 18.6. The van der Waals surface area contributed by atoms with Crippen LogP contribution in [-0.4, -0.2) is 60.5 Å².